The van der Waals surface area contributed by atoms with Crippen molar-refractivity contribution in [1.82, 2.24) is 4.98 Å². The van der Waals surface area contributed by atoms with Crippen LogP contribution in [0, 0.1) is 0 Å². The van der Waals surface area contributed by atoms with Crippen molar-refractivity contribution >= 4 is 33.2 Å². The van der Waals surface area contributed by atoms with Crippen LogP contribution in [-0.2, 0) is 9.53 Å². The Balaban J connectivity index is 1.80. The molecule has 2 aliphatic rings. The fourth-order valence-corrected chi connectivity index (χ4v) is 4.55. The van der Waals surface area contributed by atoms with E-state index in [2.05, 4.69) is 10.3 Å². The molecule has 0 amide bonds. The zero-order chi connectivity index (χ0) is 17.8. The number of methoxy groups -OCH3 is 1. The zero-order valence-corrected chi connectivity index (χ0v) is 14.6. The molecule has 2 N–H and O–H groups in total. The molecule has 1 atom stereocenters. The number of benzene rings is 2. The second-order valence-electron chi connectivity index (χ2n) is 6.19. The fourth-order valence-electron chi connectivity index (χ4n) is 3.68. The number of esters is 1. The maximum atomic E-state index is 12.5. The Hall–Kier alpha value is -3.06. The minimum atomic E-state index is -0.336. The van der Waals surface area contributed by atoms with Crippen LogP contribution in [0.4, 0.5) is 5.69 Å². The topological polar surface area (TPSA) is 80.7 Å². The van der Waals surface area contributed by atoms with E-state index < -0.39 is 0 Å². The Morgan fingerprint density at radius 2 is 2.23 bits per heavy atom. The summed E-state index contributed by atoms with van der Waals surface area (Å²) in [4.78, 5) is 16.9. The molecule has 1 unspecified atom stereocenters. The van der Waals surface area contributed by atoms with Gasteiger partial charge in [0.2, 0.25) is 0 Å². The molecule has 0 fully saturated rings. The van der Waals surface area contributed by atoms with Gasteiger partial charge in [-0.3, -0.25) is 0 Å². The van der Waals surface area contributed by atoms with Gasteiger partial charge in [-0.05, 0) is 29.8 Å². The number of phenols is 1. The molecule has 0 saturated carbocycles. The second kappa shape index (κ2) is 5.47. The highest BCUT2D eigenvalue weighted by Crippen LogP contribution is 2.48. The number of hydrogen-bond donors (Lipinski definition) is 2. The van der Waals surface area contributed by atoms with Crippen molar-refractivity contribution in [3.05, 3.63) is 58.2 Å². The van der Waals surface area contributed by atoms with Crippen molar-refractivity contribution < 1.29 is 19.4 Å². The predicted molar refractivity (Wildman–Crippen MR) is 97.7 cm³/mol. The number of aromatic nitrogens is 1. The first-order valence-electron chi connectivity index (χ1n) is 8.07. The fraction of sp³-hybridized carbons (Fsp3) is 0.158. The van der Waals surface area contributed by atoms with Gasteiger partial charge in [0.1, 0.15) is 6.61 Å². The summed E-state index contributed by atoms with van der Waals surface area (Å²) in [5, 5.41) is 13.6. The number of hydrogen-bond acceptors (Lipinski definition) is 7. The monoisotopic (exact) mass is 366 g/mol. The molecule has 7 heteroatoms. The van der Waals surface area contributed by atoms with E-state index in [9.17, 15) is 9.90 Å². The van der Waals surface area contributed by atoms with Gasteiger partial charge in [-0.1, -0.05) is 6.07 Å². The molecule has 0 spiro atoms. The summed E-state index contributed by atoms with van der Waals surface area (Å²) in [6, 6.07) is 9.16. The highest BCUT2D eigenvalue weighted by molar-refractivity contribution is 7.17. The molecule has 0 radical (unpaired) electrons. The minimum Gasteiger partial charge on any atom is -0.504 e. The molecule has 130 valence electrons. The number of carbonyl (C=O) groups is 1. The molecule has 0 aliphatic carbocycles. The van der Waals surface area contributed by atoms with Gasteiger partial charge in [-0.25, -0.2) is 9.78 Å². The molecule has 1 aromatic heterocycles. The van der Waals surface area contributed by atoms with E-state index in [4.69, 9.17) is 9.47 Å². The lowest BCUT2D eigenvalue weighted by molar-refractivity contribution is -0.136. The Morgan fingerprint density at radius 3 is 3.04 bits per heavy atom. The summed E-state index contributed by atoms with van der Waals surface area (Å²) in [6.07, 6.45) is 0. The molecule has 5 rings (SSSR count). The zero-order valence-electron chi connectivity index (χ0n) is 13.8. The molecule has 0 bridgehead atoms. The lowest BCUT2D eigenvalue weighted by Gasteiger charge is -2.27. The van der Waals surface area contributed by atoms with Gasteiger partial charge in [0.15, 0.2) is 11.5 Å². The lowest BCUT2D eigenvalue weighted by atomic mass is 9.81. The predicted octanol–water partition coefficient (Wildman–Crippen LogP) is 3.38. The standard InChI is InChI=1S/C19H14N2O4S/c1-24-14-5-2-9(6-13(14)22)15-16-10(3-4-11-18(16)26-8-20-11)21-12-7-25-19(23)17(12)15/h2-6,8,15,21-22H,7H2,1H3. The highest BCUT2D eigenvalue weighted by atomic mass is 32.1. The van der Waals surface area contributed by atoms with E-state index in [0.717, 1.165) is 32.7 Å². The third kappa shape index (κ3) is 2.04. The normalized spacial score (nSPS) is 18.3. The smallest absolute Gasteiger partial charge is 0.337 e. The van der Waals surface area contributed by atoms with Crippen LogP contribution in [0.3, 0.4) is 0 Å². The van der Waals surface area contributed by atoms with Gasteiger partial charge >= 0.3 is 5.97 Å². The van der Waals surface area contributed by atoms with E-state index in [1.54, 1.807) is 17.6 Å². The van der Waals surface area contributed by atoms with Gasteiger partial charge in [-0.2, -0.15) is 0 Å². The summed E-state index contributed by atoms with van der Waals surface area (Å²) in [5.74, 6) is -0.241. The van der Waals surface area contributed by atoms with Crippen LogP contribution in [0.5, 0.6) is 11.5 Å². The van der Waals surface area contributed by atoms with Crippen molar-refractivity contribution in [2.75, 3.05) is 19.0 Å². The van der Waals surface area contributed by atoms with Crippen LogP contribution in [0.2, 0.25) is 0 Å². The molecule has 2 aliphatic heterocycles. The largest absolute Gasteiger partial charge is 0.504 e. The lowest BCUT2D eigenvalue weighted by Crippen LogP contribution is -2.20. The number of thiazole rings is 1. The maximum Gasteiger partial charge on any atom is 0.337 e. The van der Waals surface area contributed by atoms with Crippen molar-refractivity contribution in [2.45, 2.75) is 5.92 Å². The Kier molecular flexibility index (Phi) is 3.20. The first-order valence-corrected chi connectivity index (χ1v) is 8.95. The number of phenolic OH excluding ortho intramolecular Hbond substituents is 1. The number of rotatable bonds is 2. The number of nitrogens with one attached hydrogen (secondary N) is 1. The third-order valence-corrected chi connectivity index (χ3v) is 5.71. The molecular weight excluding hydrogens is 352 g/mol. The summed E-state index contributed by atoms with van der Waals surface area (Å²) >= 11 is 1.53. The highest BCUT2D eigenvalue weighted by Gasteiger charge is 2.39. The number of cyclic esters (lactones) is 1. The number of fused-ring (bicyclic) bond motifs is 3. The SMILES string of the molecule is COc1ccc(C2C3=C(COC3=O)Nc3ccc4ncsc4c32)cc1O. The number of nitrogens with zero attached hydrogens (tertiary/aromatic N) is 1. The molecule has 3 aromatic rings. The molecule has 26 heavy (non-hydrogen) atoms. The first kappa shape index (κ1) is 15.2. The maximum absolute atomic E-state index is 12.5. The molecule has 6 nitrogen and oxygen atoms in total. The number of ether oxygens (including phenoxy) is 2. The molecule has 0 saturated heterocycles. The first-order chi connectivity index (χ1) is 12.7. The second-order valence-corrected chi connectivity index (χ2v) is 7.04. The van der Waals surface area contributed by atoms with Crippen LogP contribution in [0.25, 0.3) is 10.2 Å². The average molecular weight is 366 g/mol. The van der Waals surface area contributed by atoms with E-state index >= 15 is 0 Å². The Bertz CT molecular complexity index is 1100. The quantitative estimate of drug-likeness (QED) is 0.677. The van der Waals surface area contributed by atoms with Crippen LogP contribution < -0.4 is 10.1 Å². The molecule has 2 aromatic carbocycles. The third-order valence-electron chi connectivity index (χ3n) is 4.83. The van der Waals surface area contributed by atoms with Crippen LogP contribution in [0.15, 0.2) is 47.1 Å². The van der Waals surface area contributed by atoms with E-state index in [1.165, 1.54) is 18.4 Å². The Morgan fingerprint density at radius 1 is 1.35 bits per heavy atom. The van der Waals surface area contributed by atoms with Gasteiger partial charge in [0.05, 0.1) is 34.1 Å². The van der Waals surface area contributed by atoms with Crippen LogP contribution in [0.1, 0.15) is 17.0 Å². The van der Waals surface area contributed by atoms with Gasteiger partial charge < -0.3 is 19.9 Å². The Labute approximate surface area is 152 Å². The van der Waals surface area contributed by atoms with Gasteiger partial charge in [-0.15, -0.1) is 11.3 Å². The van der Waals surface area contributed by atoms with E-state index in [1.807, 2.05) is 18.2 Å². The minimum absolute atomic E-state index is 0.0371. The molecular formula is C19H14N2O4S. The van der Waals surface area contributed by atoms with E-state index in [0.29, 0.717) is 11.3 Å². The van der Waals surface area contributed by atoms with Crippen LogP contribution >= 0.6 is 11.3 Å². The number of carbonyl (C=O) groups excluding carboxylic acids is 1. The molecule has 3 heterocycles. The van der Waals surface area contributed by atoms with Crippen LogP contribution in [-0.4, -0.2) is 29.8 Å². The summed E-state index contributed by atoms with van der Waals surface area (Å²) in [5.41, 5.74) is 6.75. The summed E-state index contributed by atoms with van der Waals surface area (Å²) < 4.78 is 11.4. The van der Waals surface area contributed by atoms with Crippen molar-refractivity contribution in [2.24, 2.45) is 0 Å². The van der Waals surface area contributed by atoms with Crippen molar-refractivity contribution in [3.63, 3.8) is 0 Å². The van der Waals surface area contributed by atoms with Gasteiger partial charge in [0.25, 0.3) is 0 Å². The van der Waals surface area contributed by atoms with Crippen molar-refractivity contribution in [3.8, 4) is 11.5 Å². The van der Waals surface area contributed by atoms with Crippen molar-refractivity contribution in [1.29, 1.82) is 0 Å². The number of anilines is 1. The summed E-state index contributed by atoms with van der Waals surface area (Å²) in [7, 11) is 1.50. The average Bonchev–Trinajstić information content (AvgIpc) is 3.26. The van der Waals surface area contributed by atoms with E-state index in [-0.39, 0.29) is 24.2 Å². The van der Waals surface area contributed by atoms with Gasteiger partial charge in [0, 0.05) is 17.2 Å². The summed E-state index contributed by atoms with van der Waals surface area (Å²) in [6.45, 7) is 0.229. The number of aromatic hydroxyl groups is 1.